The van der Waals surface area contributed by atoms with Crippen molar-refractivity contribution in [2.75, 3.05) is 12.4 Å². The SMILES string of the molecule is CNc1c(C#N)cnn1C1CCCCC1. The lowest BCUT2D eigenvalue weighted by molar-refractivity contribution is 0.332. The third-order valence-electron chi connectivity index (χ3n) is 3.07. The van der Waals surface area contributed by atoms with Crippen molar-refractivity contribution in [3.8, 4) is 6.07 Å². The molecule has 0 spiro atoms. The van der Waals surface area contributed by atoms with E-state index in [0.717, 1.165) is 5.82 Å². The summed E-state index contributed by atoms with van der Waals surface area (Å²) < 4.78 is 1.98. The largest absolute Gasteiger partial charge is 0.372 e. The fraction of sp³-hybridized carbons (Fsp3) is 0.636. The van der Waals surface area contributed by atoms with Crippen LogP contribution in [0.3, 0.4) is 0 Å². The number of aromatic nitrogens is 2. The summed E-state index contributed by atoms with van der Waals surface area (Å²) in [5.74, 6) is 0.865. The second-order valence-electron chi connectivity index (χ2n) is 4.01. The molecule has 1 aliphatic rings. The minimum absolute atomic E-state index is 0.475. The summed E-state index contributed by atoms with van der Waals surface area (Å²) in [5, 5.41) is 16.3. The standard InChI is InChI=1S/C11H16N4/c1-13-11-9(7-12)8-14-15(11)10-5-3-2-4-6-10/h8,10,13H,2-6H2,1H3. The van der Waals surface area contributed by atoms with Gasteiger partial charge in [-0.3, -0.25) is 0 Å². The number of nitrogens with zero attached hydrogens (tertiary/aromatic N) is 3. The maximum atomic E-state index is 8.92. The zero-order valence-electron chi connectivity index (χ0n) is 9.03. The van der Waals surface area contributed by atoms with E-state index in [1.165, 1.54) is 32.1 Å². The smallest absolute Gasteiger partial charge is 0.142 e. The molecule has 1 N–H and O–H groups in total. The Morgan fingerprint density at radius 1 is 1.47 bits per heavy atom. The lowest BCUT2D eigenvalue weighted by atomic mass is 9.96. The molecule has 4 heteroatoms. The first-order chi connectivity index (χ1) is 7.36. The summed E-state index contributed by atoms with van der Waals surface area (Å²) in [6.07, 6.45) is 7.89. The predicted molar refractivity (Wildman–Crippen MR) is 58.6 cm³/mol. The molecule has 0 atom stereocenters. The average molecular weight is 204 g/mol. The van der Waals surface area contributed by atoms with Crippen molar-refractivity contribution in [1.29, 1.82) is 5.26 Å². The Bertz CT molecular complexity index is 368. The molecule has 1 saturated carbocycles. The lowest BCUT2D eigenvalue weighted by Crippen LogP contribution is -2.16. The van der Waals surface area contributed by atoms with Gasteiger partial charge in [-0.05, 0) is 12.8 Å². The normalized spacial score (nSPS) is 17.3. The number of anilines is 1. The van der Waals surface area contributed by atoms with E-state index in [4.69, 9.17) is 5.26 Å². The molecule has 15 heavy (non-hydrogen) atoms. The number of nitriles is 1. The molecule has 0 aromatic carbocycles. The molecule has 1 heterocycles. The molecule has 0 radical (unpaired) electrons. The fourth-order valence-electron chi connectivity index (χ4n) is 2.30. The number of hydrogen-bond acceptors (Lipinski definition) is 3. The summed E-state index contributed by atoms with van der Waals surface area (Å²) in [5.41, 5.74) is 0.642. The van der Waals surface area contributed by atoms with E-state index in [1.54, 1.807) is 6.20 Å². The van der Waals surface area contributed by atoms with E-state index in [1.807, 2.05) is 11.7 Å². The average Bonchev–Trinajstić information content (AvgIpc) is 2.72. The Morgan fingerprint density at radius 2 is 2.20 bits per heavy atom. The second-order valence-corrected chi connectivity index (χ2v) is 4.01. The maximum absolute atomic E-state index is 8.92. The monoisotopic (exact) mass is 204 g/mol. The molecule has 1 aromatic rings. The first-order valence-electron chi connectivity index (χ1n) is 5.52. The summed E-state index contributed by atoms with van der Waals surface area (Å²) in [6.45, 7) is 0. The minimum atomic E-state index is 0.475. The molecule has 1 aromatic heterocycles. The molecule has 1 aliphatic carbocycles. The molecular weight excluding hydrogens is 188 g/mol. The van der Waals surface area contributed by atoms with E-state index in [2.05, 4.69) is 16.5 Å². The van der Waals surface area contributed by atoms with Gasteiger partial charge in [0.1, 0.15) is 17.5 Å². The highest BCUT2D eigenvalue weighted by Gasteiger charge is 2.20. The maximum Gasteiger partial charge on any atom is 0.142 e. The van der Waals surface area contributed by atoms with Crippen LogP contribution in [0.1, 0.15) is 43.7 Å². The molecule has 1 fully saturated rings. The zero-order valence-corrected chi connectivity index (χ0v) is 9.03. The summed E-state index contributed by atoms with van der Waals surface area (Å²) in [7, 11) is 1.84. The van der Waals surface area contributed by atoms with Crippen molar-refractivity contribution in [1.82, 2.24) is 9.78 Å². The van der Waals surface area contributed by atoms with Crippen LogP contribution in [0, 0.1) is 11.3 Å². The van der Waals surface area contributed by atoms with Gasteiger partial charge in [0.25, 0.3) is 0 Å². The predicted octanol–water partition coefficient (Wildman–Crippen LogP) is 2.30. The number of nitrogens with one attached hydrogen (secondary N) is 1. The van der Waals surface area contributed by atoms with Gasteiger partial charge in [-0.15, -0.1) is 0 Å². The number of rotatable bonds is 2. The van der Waals surface area contributed by atoms with E-state index in [9.17, 15) is 0 Å². The van der Waals surface area contributed by atoms with Gasteiger partial charge < -0.3 is 5.32 Å². The van der Waals surface area contributed by atoms with Crippen LogP contribution in [0.5, 0.6) is 0 Å². The highest BCUT2D eigenvalue weighted by Crippen LogP contribution is 2.30. The third-order valence-corrected chi connectivity index (χ3v) is 3.07. The van der Waals surface area contributed by atoms with Crippen molar-refractivity contribution >= 4 is 5.82 Å². The Labute approximate surface area is 89.9 Å². The summed E-state index contributed by atoms with van der Waals surface area (Å²) in [6, 6.07) is 2.64. The van der Waals surface area contributed by atoms with Gasteiger partial charge in [-0.2, -0.15) is 10.4 Å². The van der Waals surface area contributed by atoms with Crippen LogP contribution in [0.4, 0.5) is 5.82 Å². The van der Waals surface area contributed by atoms with Crippen LogP contribution in [0.25, 0.3) is 0 Å². The van der Waals surface area contributed by atoms with Crippen molar-refractivity contribution in [2.45, 2.75) is 38.1 Å². The topological polar surface area (TPSA) is 53.6 Å². The lowest BCUT2D eigenvalue weighted by Gasteiger charge is -2.23. The highest BCUT2D eigenvalue weighted by molar-refractivity contribution is 5.51. The second kappa shape index (κ2) is 4.35. The summed E-state index contributed by atoms with van der Waals surface area (Å²) in [4.78, 5) is 0. The molecular formula is C11H16N4. The van der Waals surface area contributed by atoms with Crippen molar-refractivity contribution in [3.05, 3.63) is 11.8 Å². The van der Waals surface area contributed by atoms with Crippen LogP contribution >= 0.6 is 0 Å². The van der Waals surface area contributed by atoms with Gasteiger partial charge in [0, 0.05) is 7.05 Å². The molecule has 2 rings (SSSR count). The molecule has 4 nitrogen and oxygen atoms in total. The molecule has 0 aliphatic heterocycles. The van der Waals surface area contributed by atoms with Crippen LogP contribution in [-0.4, -0.2) is 16.8 Å². The Hall–Kier alpha value is -1.50. The first kappa shape index (κ1) is 10.0. The fourth-order valence-corrected chi connectivity index (χ4v) is 2.30. The Morgan fingerprint density at radius 3 is 2.80 bits per heavy atom. The van der Waals surface area contributed by atoms with Gasteiger partial charge in [0.2, 0.25) is 0 Å². The third kappa shape index (κ3) is 1.82. The Kier molecular flexibility index (Phi) is 2.91. The molecule has 80 valence electrons. The van der Waals surface area contributed by atoms with Gasteiger partial charge in [-0.25, -0.2) is 4.68 Å². The van der Waals surface area contributed by atoms with Crippen LogP contribution in [-0.2, 0) is 0 Å². The molecule has 0 amide bonds. The molecule has 0 unspecified atom stereocenters. The van der Waals surface area contributed by atoms with Crippen LogP contribution < -0.4 is 5.32 Å². The van der Waals surface area contributed by atoms with Crippen molar-refractivity contribution in [3.63, 3.8) is 0 Å². The van der Waals surface area contributed by atoms with E-state index >= 15 is 0 Å². The van der Waals surface area contributed by atoms with Crippen LogP contribution in [0.15, 0.2) is 6.20 Å². The van der Waals surface area contributed by atoms with Crippen LogP contribution in [0.2, 0.25) is 0 Å². The zero-order chi connectivity index (χ0) is 10.7. The van der Waals surface area contributed by atoms with Crippen molar-refractivity contribution in [2.24, 2.45) is 0 Å². The van der Waals surface area contributed by atoms with Gasteiger partial charge in [0.05, 0.1) is 12.2 Å². The van der Waals surface area contributed by atoms with E-state index < -0.39 is 0 Å². The summed E-state index contributed by atoms with van der Waals surface area (Å²) >= 11 is 0. The highest BCUT2D eigenvalue weighted by atomic mass is 15.3. The van der Waals surface area contributed by atoms with Gasteiger partial charge in [0.15, 0.2) is 0 Å². The van der Waals surface area contributed by atoms with E-state index in [-0.39, 0.29) is 0 Å². The molecule has 0 bridgehead atoms. The van der Waals surface area contributed by atoms with Gasteiger partial charge in [-0.1, -0.05) is 19.3 Å². The first-order valence-corrected chi connectivity index (χ1v) is 5.52. The number of hydrogen-bond donors (Lipinski definition) is 1. The minimum Gasteiger partial charge on any atom is -0.372 e. The van der Waals surface area contributed by atoms with Gasteiger partial charge >= 0.3 is 0 Å². The van der Waals surface area contributed by atoms with Crippen molar-refractivity contribution < 1.29 is 0 Å². The Balaban J connectivity index is 2.27. The molecule has 0 saturated heterocycles. The van der Waals surface area contributed by atoms with E-state index in [0.29, 0.717) is 11.6 Å². The quantitative estimate of drug-likeness (QED) is 0.804.